The van der Waals surface area contributed by atoms with Gasteiger partial charge in [0.15, 0.2) is 0 Å². The number of nitrogens with zero attached hydrogens (tertiary/aromatic N) is 4. The van der Waals surface area contributed by atoms with Gasteiger partial charge in [-0.15, -0.1) is 17.0 Å². The van der Waals surface area contributed by atoms with E-state index >= 15 is 0 Å². The predicted octanol–water partition coefficient (Wildman–Crippen LogP) is 1.49. The Labute approximate surface area is 113 Å². The van der Waals surface area contributed by atoms with Crippen LogP contribution >= 0.6 is 17.0 Å². The highest BCUT2D eigenvalue weighted by atomic mass is 79.9. The Morgan fingerprint density at radius 3 is 2.12 bits per heavy atom. The molecule has 2 saturated heterocycles. The number of rotatable bonds is 1. The molecular weight excluding hydrogens is 280 g/mol. The first-order valence-electron chi connectivity index (χ1n) is 6.25. The van der Waals surface area contributed by atoms with Gasteiger partial charge < -0.3 is 9.38 Å². The van der Waals surface area contributed by atoms with Crippen molar-refractivity contribution < 1.29 is 4.48 Å². The summed E-state index contributed by atoms with van der Waals surface area (Å²) in [6.07, 6.45) is 6.50. The van der Waals surface area contributed by atoms with Gasteiger partial charge in [0.05, 0.1) is 39.3 Å². The zero-order chi connectivity index (χ0) is 10.8. The molecule has 0 aromatic carbocycles. The van der Waals surface area contributed by atoms with E-state index in [4.69, 9.17) is 0 Å². The maximum absolute atomic E-state index is 4.33. The van der Waals surface area contributed by atoms with Crippen LogP contribution in [0.25, 0.3) is 0 Å². The summed E-state index contributed by atoms with van der Waals surface area (Å²) < 4.78 is 1.35. The first-order valence-corrected chi connectivity index (χ1v) is 6.25. The van der Waals surface area contributed by atoms with Crippen molar-refractivity contribution in [3.63, 3.8) is 0 Å². The van der Waals surface area contributed by atoms with Crippen LogP contribution in [0.15, 0.2) is 18.5 Å². The molecule has 4 nitrogen and oxygen atoms in total. The van der Waals surface area contributed by atoms with Gasteiger partial charge in [-0.25, -0.2) is 9.97 Å². The number of piperazine rings is 1. The highest BCUT2D eigenvalue weighted by Gasteiger charge is 2.36. The Morgan fingerprint density at radius 1 is 0.941 bits per heavy atom. The SMILES string of the molecule is Br.c1cnc(N2CC[N+]3(CCCC3)CC2)nc1. The highest BCUT2D eigenvalue weighted by Crippen LogP contribution is 2.23. The Bertz CT molecular complexity index is 341. The molecule has 17 heavy (non-hydrogen) atoms. The Morgan fingerprint density at radius 2 is 1.53 bits per heavy atom. The molecule has 0 saturated carbocycles. The summed E-state index contributed by atoms with van der Waals surface area (Å²) in [7, 11) is 0. The van der Waals surface area contributed by atoms with Crippen LogP contribution in [-0.4, -0.2) is 53.7 Å². The molecule has 94 valence electrons. The molecular formula is C12H20BrN4+. The lowest BCUT2D eigenvalue weighted by molar-refractivity contribution is -0.917. The molecule has 0 atom stereocenters. The molecule has 2 fully saturated rings. The van der Waals surface area contributed by atoms with Crippen molar-refractivity contribution >= 4 is 22.9 Å². The van der Waals surface area contributed by atoms with Gasteiger partial charge in [0.1, 0.15) is 0 Å². The van der Waals surface area contributed by atoms with Crippen LogP contribution in [0.5, 0.6) is 0 Å². The summed E-state index contributed by atoms with van der Waals surface area (Å²) in [5, 5.41) is 0. The molecule has 0 unspecified atom stereocenters. The third-order valence-electron chi connectivity index (χ3n) is 4.04. The first-order chi connectivity index (χ1) is 7.88. The van der Waals surface area contributed by atoms with Gasteiger partial charge in [-0.2, -0.15) is 0 Å². The molecule has 2 aliphatic rings. The van der Waals surface area contributed by atoms with E-state index in [2.05, 4.69) is 14.9 Å². The van der Waals surface area contributed by atoms with Gasteiger partial charge in [0.2, 0.25) is 5.95 Å². The van der Waals surface area contributed by atoms with Gasteiger partial charge in [-0.1, -0.05) is 0 Å². The number of hydrogen-bond donors (Lipinski definition) is 0. The lowest BCUT2D eigenvalue weighted by Crippen LogP contribution is -2.58. The van der Waals surface area contributed by atoms with Crippen LogP contribution in [0.2, 0.25) is 0 Å². The van der Waals surface area contributed by atoms with E-state index in [1.54, 1.807) is 0 Å². The maximum atomic E-state index is 4.33. The fourth-order valence-corrected chi connectivity index (χ4v) is 3.00. The van der Waals surface area contributed by atoms with E-state index in [9.17, 15) is 0 Å². The van der Waals surface area contributed by atoms with E-state index in [0.29, 0.717) is 0 Å². The summed E-state index contributed by atoms with van der Waals surface area (Å²) in [5.74, 6) is 0.902. The van der Waals surface area contributed by atoms with E-state index in [1.807, 2.05) is 18.5 Å². The van der Waals surface area contributed by atoms with Crippen molar-refractivity contribution in [2.75, 3.05) is 44.2 Å². The maximum Gasteiger partial charge on any atom is 0.225 e. The van der Waals surface area contributed by atoms with Crippen molar-refractivity contribution in [2.24, 2.45) is 0 Å². The Kier molecular flexibility index (Phi) is 3.99. The number of anilines is 1. The van der Waals surface area contributed by atoms with E-state index < -0.39 is 0 Å². The second-order valence-corrected chi connectivity index (χ2v) is 4.98. The van der Waals surface area contributed by atoms with E-state index in [1.165, 1.54) is 43.5 Å². The summed E-state index contributed by atoms with van der Waals surface area (Å²) in [6, 6.07) is 1.88. The fraction of sp³-hybridized carbons (Fsp3) is 0.667. The molecule has 3 rings (SSSR count). The van der Waals surface area contributed by atoms with Crippen molar-refractivity contribution in [3.8, 4) is 0 Å². The topological polar surface area (TPSA) is 29.0 Å². The molecule has 0 aliphatic carbocycles. The van der Waals surface area contributed by atoms with Crippen LogP contribution < -0.4 is 4.90 Å². The Balaban J connectivity index is 0.00000108. The zero-order valence-corrected chi connectivity index (χ0v) is 11.8. The van der Waals surface area contributed by atoms with Crippen molar-refractivity contribution in [1.82, 2.24) is 9.97 Å². The van der Waals surface area contributed by atoms with Crippen molar-refractivity contribution in [2.45, 2.75) is 12.8 Å². The fourth-order valence-electron chi connectivity index (χ4n) is 3.00. The third-order valence-corrected chi connectivity index (χ3v) is 4.04. The van der Waals surface area contributed by atoms with Crippen LogP contribution in [-0.2, 0) is 0 Å². The van der Waals surface area contributed by atoms with Gasteiger partial charge in [0.25, 0.3) is 0 Å². The second kappa shape index (κ2) is 5.31. The molecule has 0 N–H and O–H groups in total. The normalized spacial score (nSPS) is 22.5. The monoisotopic (exact) mass is 299 g/mol. The van der Waals surface area contributed by atoms with Crippen LogP contribution in [0.4, 0.5) is 5.95 Å². The molecule has 0 radical (unpaired) electrons. The van der Waals surface area contributed by atoms with Gasteiger partial charge in [-0.3, -0.25) is 0 Å². The average Bonchev–Trinajstić information content (AvgIpc) is 2.80. The minimum Gasteiger partial charge on any atom is -0.330 e. The van der Waals surface area contributed by atoms with Crippen molar-refractivity contribution in [1.29, 1.82) is 0 Å². The summed E-state index contributed by atoms with van der Waals surface area (Å²) in [6.45, 7) is 7.57. The number of aromatic nitrogens is 2. The number of halogens is 1. The molecule has 0 bridgehead atoms. The second-order valence-electron chi connectivity index (χ2n) is 4.98. The molecule has 5 heteroatoms. The minimum atomic E-state index is 0. The summed E-state index contributed by atoms with van der Waals surface area (Å²) in [5.41, 5.74) is 0. The smallest absolute Gasteiger partial charge is 0.225 e. The summed E-state index contributed by atoms with van der Waals surface area (Å²) in [4.78, 5) is 11.0. The Hall–Kier alpha value is -0.680. The number of hydrogen-bond acceptors (Lipinski definition) is 3. The standard InChI is InChI=1S/C12H19N4.BrH/c1-2-9-16(8-1)10-6-15(7-11-16)12-13-4-3-5-14-12;/h3-5H,1-2,6-11H2;1H/q+1;. The number of quaternary nitrogens is 1. The third kappa shape index (κ3) is 2.60. The average molecular weight is 300 g/mol. The van der Waals surface area contributed by atoms with Crippen LogP contribution in [0.1, 0.15) is 12.8 Å². The highest BCUT2D eigenvalue weighted by molar-refractivity contribution is 8.93. The van der Waals surface area contributed by atoms with Gasteiger partial charge in [0, 0.05) is 25.2 Å². The van der Waals surface area contributed by atoms with E-state index in [0.717, 1.165) is 19.0 Å². The quantitative estimate of drug-likeness (QED) is 0.736. The van der Waals surface area contributed by atoms with Crippen molar-refractivity contribution in [3.05, 3.63) is 18.5 Å². The molecule has 1 spiro atoms. The van der Waals surface area contributed by atoms with Gasteiger partial charge >= 0.3 is 0 Å². The molecule has 1 aromatic rings. The lowest BCUT2D eigenvalue weighted by Gasteiger charge is -2.41. The largest absolute Gasteiger partial charge is 0.330 e. The molecule has 3 heterocycles. The molecule has 2 aliphatic heterocycles. The zero-order valence-electron chi connectivity index (χ0n) is 10.1. The lowest BCUT2D eigenvalue weighted by atomic mass is 10.2. The van der Waals surface area contributed by atoms with Crippen LogP contribution in [0.3, 0.4) is 0 Å². The van der Waals surface area contributed by atoms with Gasteiger partial charge in [-0.05, 0) is 6.07 Å². The minimum absolute atomic E-state index is 0. The van der Waals surface area contributed by atoms with E-state index in [-0.39, 0.29) is 17.0 Å². The molecule has 0 amide bonds. The first kappa shape index (κ1) is 12.8. The molecule has 1 aromatic heterocycles. The summed E-state index contributed by atoms with van der Waals surface area (Å²) >= 11 is 0. The predicted molar refractivity (Wildman–Crippen MR) is 73.5 cm³/mol. The van der Waals surface area contributed by atoms with Crippen LogP contribution in [0, 0.1) is 0 Å².